The van der Waals surface area contributed by atoms with Crippen LogP contribution in [0.3, 0.4) is 0 Å². The molecule has 0 aliphatic carbocycles. The molecule has 15 heavy (non-hydrogen) atoms. The number of nitrogens with one attached hydrogen (secondary N) is 1. The smallest absolute Gasteiger partial charge is 0.332 e. The quantitative estimate of drug-likeness (QED) is 0.553. The van der Waals surface area contributed by atoms with Gasteiger partial charge < -0.3 is 10.1 Å². The molecule has 0 spiro atoms. The molecule has 1 heterocycles. The standard InChI is InChI=1S/C12H13NO2/c1-15-12(14)8-11-10-5-3-2-4-9(10)6-7-13-11/h2-5,8,13H,6-7H2,1H3/b11-8-. The van der Waals surface area contributed by atoms with Crippen molar-refractivity contribution in [3.63, 3.8) is 0 Å². The van der Waals surface area contributed by atoms with Crippen LogP contribution in [0, 0.1) is 0 Å². The van der Waals surface area contributed by atoms with Crippen LogP contribution in [0.4, 0.5) is 0 Å². The number of carbonyl (C=O) groups excluding carboxylic acids is 1. The molecule has 1 aliphatic rings. The highest BCUT2D eigenvalue weighted by molar-refractivity contribution is 5.91. The first-order valence-corrected chi connectivity index (χ1v) is 4.93. The SMILES string of the molecule is COC(=O)/C=C1\NCCc2ccccc21. The van der Waals surface area contributed by atoms with E-state index in [1.165, 1.54) is 18.7 Å². The summed E-state index contributed by atoms with van der Waals surface area (Å²) in [5.74, 6) is -0.325. The number of rotatable bonds is 1. The van der Waals surface area contributed by atoms with Crippen LogP contribution in [0.5, 0.6) is 0 Å². The van der Waals surface area contributed by atoms with Crippen LogP contribution >= 0.6 is 0 Å². The summed E-state index contributed by atoms with van der Waals surface area (Å²) in [6.45, 7) is 0.861. The average molecular weight is 203 g/mol. The van der Waals surface area contributed by atoms with E-state index < -0.39 is 0 Å². The molecule has 0 unspecified atom stereocenters. The predicted octanol–water partition coefficient (Wildman–Crippen LogP) is 1.35. The third-order valence-corrected chi connectivity index (χ3v) is 2.48. The molecule has 1 aromatic carbocycles. The van der Waals surface area contributed by atoms with Crippen LogP contribution in [0.25, 0.3) is 5.70 Å². The minimum Gasteiger partial charge on any atom is -0.466 e. The van der Waals surface area contributed by atoms with Gasteiger partial charge in [-0.3, -0.25) is 0 Å². The number of benzene rings is 1. The summed E-state index contributed by atoms with van der Waals surface area (Å²) in [5, 5.41) is 3.20. The Bertz CT molecular complexity index is 410. The van der Waals surface area contributed by atoms with Crippen molar-refractivity contribution in [2.24, 2.45) is 0 Å². The van der Waals surface area contributed by atoms with Crippen LogP contribution in [-0.4, -0.2) is 19.6 Å². The maximum absolute atomic E-state index is 11.2. The Hall–Kier alpha value is -1.77. The molecule has 78 valence electrons. The van der Waals surface area contributed by atoms with Gasteiger partial charge in [-0.2, -0.15) is 0 Å². The van der Waals surface area contributed by atoms with Crippen molar-refractivity contribution in [1.82, 2.24) is 5.32 Å². The number of fused-ring (bicyclic) bond motifs is 1. The minimum absolute atomic E-state index is 0.325. The van der Waals surface area contributed by atoms with E-state index in [4.69, 9.17) is 0 Å². The number of hydrogen-bond acceptors (Lipinski definition) is 3. The molecule has 2 rings (SSSR count). The van der Waals surface area contributed by atoms with Crippen molar-refractivity contribution in [2.45, 2.75) is 6.42 Å². The molecule has 0 saturated carbocycles. The fraction of sp³-hybridized carbons (Fsp3) is 0.250. The molecule has 1 N–H and O–H groups in total. The number of ether oxygens (including phenoxy) is 1. The summed E-state index contributed by atoms with van der Waals surface area (Å²) in [5.41, 5.74) is 3.21. The highest BCUT2D eigenvalue weighted by Gasteiger charge is 2.13. The largest absolute Gasteiger partial charge is 0.466 e. The van der Waals surface area contributed by atoms with Gasteiger partial charge in [0.05, 0.1) is 7.11 Å². The van der Waals surface area contributed by atoms with Gasteiger partial charge in [0, 0.05) is 23.9 Å². The second-order valence-electron chi connectivity index (χ2n) is 3.42. The van der Waals surface area contributed by atoms with Crippen molar-refractivity contribution >= 4 is 11.7 Å². The Labute approximate surface area is 88.8 Å². The molecule has 0 fully saturated rings. The summed E-state index contributed by atoms with van der Waals surface area (Å²) in [7, 11) is 1.38. The van der Waals surface area contributed by atoms with Crippen molar-refractivity contribution in [3.8, 4) is 0 Å². The molecule has 0 atom stereocenters. The molecule has 3 nitrogen and oxygen atoms in total. The molecular formula is C12H13NO2. The maximum Gasteiger partial charge on any atom is 0.332 e. The lowest BCUT2D eigenvalue weighted by atomic mass is 9.98. The molecule has 3 heteroatoms. The minimum atomic E-state index is -0.325. The lowest BCUT2D eigenvalue weighted by Crippen LogP contribution is -2.23. The van der Waals surface area contributed by atoms with Gasteiger partial charge in [0.1, 0.15) is 0 Å². The Morgan fingerprint density at radius 3 is 3.07 bits per heavy atom. The first kappa shape index (κ1) is 9.77. The van der Waals surface area contributed by atoms with Crippen LogP contribution in [-0.2, 0) is 16.0 Å². The van der Waals surface area contributed by atoms with Crippen molar-refractivity contribution in [1.29, 1.82) is 0 Å². The zero-order valence-electron chi connectivity index (χ0n) is 8.62. The van der Waals surface area contributed by atoms with E-state index in [1.807, 2.05) is 18.2 Å². The first-order chi connectivity index (χ1) is 7.31. The van der Waals surface area contributed by atoms with E-state index in [1.54, 1.807) is 0 Å². The highest BCUT2D eigenvalue weighted by Crippen LogP contribution is 2.21. The number of methoxy groups -OCH3 is 1. The number of carbonyl (C=O) groups is 1. The van der Waals surface area contributed by atoms with Gasteiger partial charge in [-0.25, -0.2) is 4.79 Å². The molecular weight excluding hydrogens is 190 g/mol. The van der Waals surface area contributed by atoms with Gasteiger partial charge in [-0.1, -0.05) is 24.3 Å². The summed E-state index contributed by atoms with van der Waals surface area (Å²) in [6.07, 6.45) is 2.49. The molecule has 1 aliphatic heterocycles. The summed E-state index contributed by atoms with van der Waals surface area (Å²) >= 11 is 0. The van der Waals surface area contributed by atoms with Crippen LogP contribution in [0.15, 0.2) is 30.3 Å². The molecule has 0 bridgehead atoms. The average Bonchev–Trinajstić information content (AvgIpc) is 2.29. The molecule has 0 amide bonds. The maximum atomic E-state index is 11.2. The zero-order chi connectivity index (χ0) is 10.7. The van der Waals surface area contributed by atoms with Crippen LogP contribution < -0.4 is 5.32 Å². The molecule has 0 radical (unpaired) electrons. The monoisotopic (exact) mass is 203 g/mol. The Balaban J connectivity index is 2.37. The van der Waals surface area contributed by atoms with Crippen molar-refractivity contribution in [2.75, 3.05) is 13.7 Å². The summed E-state index contributed by atoms with van der Waals surface area (Å²) in [4.78, 5) is 11.2. The highest BCUT2D eigenvalue weighted by atomic mass is 16.5. The van der Waals surface area contributed by atoms with Crippen LogP contribution in [0.1, 0.15) is 11.1 Å². The fourth-order valence-electron chi connectivity index (χ4n) is 1.73. The second kappa shape index (κ2) is 4.17. The number of esters is 1. The Morgan fingerprint density at radius 1 is 1.47 bits per heavy atom. The lowest BCUT2D eigenvalue weighted by molar-refractivity contribution is -0.134. The topological polar surface area (TPSA) is 38.3 Å². The van der Waals surface area contributed by atoms with Gasteiger partial charge in [-0.15, -0.1) is 0 Å². The Kier molecular flexibility index (Phi) is 2.72. The van der Waals surface area contributed by atoms with E-state index >= 15 is 0 Å². The van der Waals surface area contributed by atoms with E-state index in [2.05, 4.69) is 16.1 Å². The zero-order valence-corrected chi connectivity index (χ0v) is 8.62. The predicted molar refractivity (Wildman–Crippen MR) is 58.1 cm³/mol. The van der Waals surface area contributed by atoms with E-state index in [-0.39, 0.29) is 5.97 Å². The van der Waals surface area contributed by atoms with Gasteiger partial charge >= 0.3 is 5.97 Å². The van der Waals surface area contributed by atoms with E-state index in [0.29, 0.717) is 0 Å². The first-order valence-electron chi connectivity index (χ1n) is 4.93. The second-order valence-corrected chi connectivity index (χ2v) is 3.42. The summed E-state index contributed by atoms with van der Waals surface area (Å²) < 4.78 is 4.61. The van der Waals surface area contributed by atoms with Gasteiger partial charge in [0.2, 0.25) is 0 Å². The van der Waals surface area contributed by atoms with E-state index in [9.17, 15) is 4.79 Å². The summed E-state index contributed by atoms with van der Waals surface area (Å²) in [6, 6.07) is 8.08. The van der Waals surface area contributed by atoms with Crippen molar-refractivity contribution in [3.05, 3.63) is 41.5 Å². The third-order valence-electron chi connectivity index (χ3n) is 2.48. The third kappa shape index (κ3) is 2.01. The molecule has 0 aromatic heterocycles. The number of hydrogen-bond donors (Lipinski definition) is 1. The molecule has 1 aromatic rings. The van der Waals surface area contributed by atoms with Crippen molar-refractivity contribution < 1.29 is 9.53 Å². The van der Waals surface area contributed by atoms with Gasteiger partial charge in [0.25, 0.3) is 0 Å². The fourth-order valence-corrected chi connectivity index (χ4v) is 1.73. The van der Waals surface area contributed by atoms with Gasteiger partial charge in [-0.05, 0) is 12.0 Å². The lowest BCUT2D eigenvalue weighted by Gasteiger charge is -2.20. The normalized spacial score (nSPS) is 16.7. The van der Waals surface area contributed by atoms with E-state index in [0.717, 1.165) is 24.2 Å². The molecule has 0 saturated heterocycles. The van der Waals surface area contributed by atoms with Crippen LogP contribution in [0.2, 0.25) is 0 Å². The Morgan fingerprint density at radius 2 is 2.27 bits per heavy atom. The van der Waals surface area contributed by atoms with Gasteiger partial charge in [0.15, 0.2) is 0 Å².